The highest BCUT2D eigenvalue weighted by Crippen LogP contribution is 2.17. The number of nitrogens with zero attached hydrogens (tertiary/aromatic N) is 2. The monoisotopic (exact) mass is 482 g/mol. The molecular weight excluding hydrogens is 455 g/mol. The van der Waals surface area contributed by atoms with Gasteiger partial charge in [0.2, 0.25) is 0 Å². The summed E-state index contributed by atoms with van der Waals surface area (Å²) in [5.41, 5.74) is 12.1. The molecule has 1 fully saturated rings. The maximum Gasteiger partial charge on any atom is 0.343 e. The minimum absolute atomic E-state index is 0. The van der Waals surface area contributed by atoms with E-state index in [1.807, 2.05) is 0 Å². The third-order valence-electron chi connectivity index (χ3n) is 4.61. The summed E-state index contributed by atoms with van der Waals surface area (Å²) < 4.78 is 5.35. The van der Waals surface area contributed by atoms with Gasteiger partial charge >= 0.3 is 5.97 Å². The predicted molar refractivity (Wildman–Crippen MR) is 129 cm³/mol. The molecule has 0 atom stereocenters. The van der Waals surface area contributed by atoms with Crippen LogP contribution in [0.15, 0.2) is 53.5 Å². The molecule has 174 valence electrons. The summed E-state index contributed by atoms with van der Waals surface area (Å²) in [6.45, 7) is 5.36. The van der Waals surface area contributed by atoms with Gasteiger partial charge in [-0.1, -0.05) is 0 Å². The summed E-state index contributed by atoms with van der Waals surface area (Å²) in [6, 6.07) is 12.8. The van der Waals surface area contributed by atoms with Crippen molar-refractivity contribution in [3.8, 4) is 5.75 Å². The normalized spacial score (nSPS) is 13.1. The second kappa shape index (κ2) is 13.5. The molecule has 0 spiro atoms. The Morgan fingerprint density at radius 3 is 2.16 bits per heavy atom. The number of carbonyl (C=O) groups is 2. The standard InChI is InChI=1S/C21H26N6O3.2ClH/c22-21(23)26-17-5-1-16(2-6-17)20(29)30-18-7-3-15(4-8-18)19(28)25-11-14-27-12-9-24-10-13-27;;/h1-8,24H,9-14H2,(H,25,28)(H4,22,23,26);2*1H. The highest BCUT2D eigenvalue weighted by molar-refractivity contribution is 5.95. The van der Waals surface area contributed by atoms with Crippen molar-refractivity contribution in [1.29, 1.82) is 0 Å². The topological polar surface area (TPSA) is 135 Å². The second-order valence-electron chi connectivity index (χ2n) is 6.84. The maximum absolute atomic E-state index is 12.3. The molecule has 0 saturated carbocycles. The average molecular weight is 483 g/mol. The Hall–Kier alpha value is -2.85. The Labute approximate surface area is 199 Å². The lowest BCUT2D eigenvalue weighted by Gasteiger charge is -2.27. The lowest BCUT2D eigenvalue weighted by Crippen LogP contribution is -2.46. The van der Waals surface area contributed by atoms with E-state index >= 15 is 0 Å². The van der Waals surface area contributed by atoms with Gasteiger partial charge in [0.1, 0.15) is 5.75 Å². The number of piperazine rings is 1. The Kier molecular flexibility index (Phi) is 11.5. The first-order valence-electron chi connectivity index (χ1n) is 9.74. The Morgan fingerprint density at radius 1 is 0.969 bits per heavy atom. The zero-order valence-corrected chi connectivity index (χ0v) is 19.1. The number of carbonyl (C=O) groups excluding carboxylic acids is 2. The van der Waals surface area contributed by atoms with Crippen LogP contribution in [0.2, 0.25) is 0 Å². The molecule has 2 aromatic rings. The van der Waals surface area contributed by atoms with Crippen LogP contribution in [0.5, 0.6) is 5.75 Å². The van der Waals surface area contributed by atoms with Crippen molar-refractivity contribution in [2.45, 2.75) is 0 Å². The highest BCUT2D eigenvalue weighted by atomic mass is 35.5. The fraction of sp³-hybridized carbons (Fsp3) is 0.286. The van der Waals surface area contributed by atoms with Gasteiger partial charge in [-0.15, -0.1) is 24.8 Å². The number of esters is 1. The van der Waals surface area contributed by atoms with E-state index in [1.54, 1.807) is 48.5 Å². The van der Waals surface area contributed by atoms with Gasteiger partial charge in [-0.3, -0.25) is 9.69 Å². The molecule has 6 N–H and O–H groups in total. The SMILES string of the molecule is Cl.Cl.NC(N)=Nc1ccc(C(=O)Oc2ccc(C(=O)NCCN3CCNCC3)cc2)cc1. The second-order valence-corrected chi connectivity index (χ2v) is 6.84. The number of halogens is 2. The van der Waals surface area contributed by atoms with Crippen LogP contribution in [0.1, 0.15) is 20.7 Å². The van der Waals surface area contributed by atoms with Crippen LogP contribution in [-0.4, -0.2) is 62.0 Å². The summed E-state index contributed by atoms with van der Waals surface area (Å²) in [4.78, 5) is 30.7. The van der Waals surface area contributed by atoms with Crippen LogP contribution in [0.25, 0.3) is 0 Å². The van der Waals surface area contributed by atoms with E-state index in [-0.39, 0.29) is 36.7 Å². The average Bonchev–Trinajstić information content (AvgIpc) is 2.75. The number of aliphatic imine (C=N–C) groups is 1. The fourth-order valence-electron chi connectivity index (χ4n) is 3.03. The van der Waals surface area contributed by atoms with Gasteiger partial charge in [0.25, 0.3) is 5.91 Å². The Balaban J connectivity index is 0.00000256. The molecule has 0 unspecified atom stereocenters. The molecule has 9 nitrogen and oxygen atoms in total. The van der Waals surface area contributed by atoms with Gasteiger partial charge in [-0.2, -0.15) is 0 Å². The molecule has 0 aromatic heterocycles. The number of benzene rings is 2. The van der Waals surface area contributed by atoms with Crippen LogP contribution in [0, 0.1) is 0 Å². The van der Waals surface area contributed by atoms with E-state index in [4.69, 9.17) is 16.2 Å². The number of guanidine groups is 1. The quantitative estimate of drug-likeness (QED) is 0.202. The number of hydrogen-bond acceptors (Lipinski definition) is 6. The largest absolute Gasteiger partial charge is 0.423 e. The summed E-state index contributed by atoms with van der Waals surface area (Å²) >= 11 is 0. The third kappa shape index (κ3) is 8.35. The van der Waals surface area contributed by atoms with Crippen LogP contribution in [0.4, 0.5) is 5.69 Å². The van der Waals surface area contributed by atoms with Crippen LogP contribution >= 0.6 is 24.8 Å². The van der Waals surface area contributed by atoms with Crippen LogP contribution < -0.4 is 26.8 Å². The lowest BCUT2D eigenvalue weighted by molar-refractivity contribution is 0.0734. The van der Waals surface area contributed by atoms with Gasteiger partial charge in [-0.25, -0.2) is 9.79 Å². The molecule has 1 amide bonds. The first-order chi connectivity index (χ1) is 14.5. The van der Waals surface area contributed by atoms with Gasteiger partial charge in [0.05, 0.1) is 11.3 Å². The molecule has 0 bridgehead atoms. The minimum atomic E-state index is -0.514. The summed E-state index contributed by atoms with van der Waals surface area (Å²) in [7, 11) is 0. The lowest BCUT2D eigenvalue weighted by atomic mass is 10.2. The van der Waals surface area contributed by atoms with Gasteiger partial charge < -0.3 is 26.8 Å². The maximum atomic E-state index is 12.3. The van der Waals surface area contributed by atoms with Crippen LogP contribution in [-0.2, 0) is 0 Å². The number of amides is 1. The number of nitrogens with one attached hydrogen (secondary N) is 2. The fourth-order valence-corrected chi connectivity index (χ4v) is 3.03. The molecule has 0 radical (unpaired) electrons. The van der Waals surface area contributed by atoms with Crippen molar-refractivity contribution in [3.63, 3.8) is 0 Å². The van der Waals surface area contributed by atoms with E-state index in [9.17, 15) is 9.59 Å². The molecule has 32 heavy (non-hydrogen) atoms. The molecule has 1 saturated heterocycles. The Morgan fingerprint density at radius 2 is 1.56 bits per heavy atom. The number of nitrogens with two attached hydrogens (primary N) is 2. The first kappa shape index (κ1) is 27.2. The molecule has 11 heteroatoms. The van der Waals surface area contributed by atoms with Crippen molar-refractivity contribution < 1.29 is 14.3 Å². The van der Waals surface area contributed by atoms with Crippen molar-refractivity contribution in [1.82, 2.24) is 15.5 Å². The van der Waals surface area contributed by atoms with Crippen LogP contribution in [0.3, 0.4) is 0 Å². The van der Waals surface area contributed by atoms with Crippen molar-refractivity contribution in [2.24, 2.45) is 16.5 Å². The van der Waals surface area contributed by atoms with E-state index in [1.165, 1.54) is 0 Å². The molecule has 2 aromatic carbocycles. The summed E-state index contributed by atoms with van der Waals surface area (Å²) in [5, 5.41) is 6.21. The predicted octanol–water partition coefficient (Wildman–Crippen LogP) is 1.29. The smallest absolute Gasteiger partial charge is 0.343 e. The van der Waals surface area contributed by atoms with E-state index in [0.717, 1.165) is 32.7 Å². The summed E-state index contributed by atoms with van der Waals surface area (Å²) in [5.74, 6) is -0.373. The summed E-state index contributed by atoms with van der Waals surface area (Å²) in [6.07, 6.45) is 0. The van der Waals surface area contributed by atoms with Gasteiger partial charge in [-0.05, 0) is 48.5 Å². The third-order valence-corrected chi connectivity index (χ3v) is 4.61. The molecular formula is C21H28Cl2N6O3. The first-order valence-corrected chi connectivity index (χ1v) is 9.74. The van der Waals surface area contributed by atoms with Gasteiger partial charge in [0, 0.05) is 44.8 Å². The number of hydrogen-bond donors (Lipinski definition) is 4. The minimum Gasteiger partial charge on any atom is -0.423 e. The van der Waals surface area contributed by atoms with Crippen molar-refractivity contribution in [3.05, 3.63) is 59.7 Å². The zero-order chi connectivity index (χ0) is 21.3. The molecule has 3 rings (SSSR count). The molecule has 1 heterocycles. The number of ether oxygens (including phenoxy) is 1. The number of rotatable bonds is 7. The highest BCUT2D eigenvalue weighted by Gasteiger charge is 2.12. The van der Waals surface area contributed by atoms with E-state index in [0.29, 0.717) is 29.1 Å². The van der Waals surface area contributed by atoms with E-state index in [2.05, 4.69) is 20.5 Å². The molecule has 1 aliphatic rings. The molecule has 1 aliphatic heterocycles. The molecule has 0 aliphatic carbocycles. The Bertz CT molecular complexity index is 897. The van der Waals surface area contributed by atoms with Gasteiger partial charge in [0.15, 0.2) is 5.96 Å². The van der Waals surface area contributed by atoms with Crippen molar-refractivity contribution in [2.75, 3.05) is 39.3 Å². The zero-order valence-electron chi connectivity index (χ0n) is 17.5. The van der Waals surface area contributed by atoms with E-state index < -0.39 is 5.97 Å². The van der Waals surface area contributed by atoms with Crippen molar-refractivity contribution >= 4 is 48.3 Å².